The molecule has 0 saturated carbocycles. The highest BCUT2D eigenvalue weighted by Gasteiger charge is 2.22. The van der Waals surface area contributed by atoms with E-state index in [1.807, 2.05) is 0 Å². The summed E-state index contributed by atoms with van der Waals surface area (Å²) in [4.78, 5) is 2.22. The van der Waals surface area contributed by atoms with Crippen LogP contribution >= 0.6 is 0 Å². The number of rotatable bonds is 5. The third-order valence-electron chi connectivity index (χ3n) is 2.43. The molecule has 5 heteroatoms. The van der Waals surface area contributed by atoms with Gasteiger partial charge in [-0.1, -0.05) is 0 Å². The van der Waals surface area contributed by atoms with Crippen molar-refractivity contribution < 1.29 is 9.52 Å². The SMILES string of the molecule is Cc1nnc(CN(CCCO)C(C)(C)C)o1. The molecule has 0 radical (unpaired) electrons. The number of aromatic nitrogens is 2. The normalized spacial score (nSPS) is 12.4. The lowest BCUT2D eigenvalue weighted by Crippen LogP contribution is -2.41. The second-order valence-corrected chi connectivity index (χ2v) is 4.88. The van der Waals surface area contributed by atoms with E-state index in [1.54, 1.807) is 6.92 Å². The Bertz CT molecular complexity index is 317. The molecule has 0 bridgehead atoms. The summed E-state index contributed by atoms with van der Waals surface area (Å²) in [6, 6.07) is 0. The summed E-state index contributed by atoms with van der Waals surface area (Å²) < 4.78 is 5.36. The van der Waals surface area contributed by atoms with Gasteiger partial charge in [0.2, 0.25) is 11.8 Å². The van der Waals surface area contributed by atoms with Crippen molar-refractivity contribution in [2.45, 2.75) is 46.2 Å². The van der Waals surface area contributed by atoms with Crippen molar-refractivity contribution in [2.75, 3.05) is 13.2 Å². The smallest absolute Gasteiger partial charge is 0.230 e. The van der Waals surface area contributed by atoms with E-state index < -0.39 is 0 Å². The van der Waals surface area contributed by atoms with Gasteiger partial charge in [0.15, 0.2) is 0 Å². The Kier molecular flexibility index (Phi) is 4.44. The van der Waals surface area contributed by atoms with E-state index in [0.29, 0.717) is 18.3 Å². The third kappa shape index (κ3) is 3.90. The Hall–Kier alpha value is -0.940. The summed E-state index contributed by atoms with van der Waals surface area (Å²) in [5.74, 6) is 1.22. The highest BCUT2D eigenvalue weighted by atomic mass is 16.4. The van der Waals surface area contributed by atoms with Crippen molar-refractivity contribution in [3.8, 4) is 0 Å². The molecule has 1 heterocycles. The van der Waals surface area contributed by atoms with Gasteiger partial charge in [0.1, 0.15) is 0 Å². The van der Waals surface area contributed by atoms with Gasteiger partial charge in [-0.3, -0.25) is 4.90 Å². The number of hydrogen-bond donors (Lipinski definition) is 1. The monoisotopic (exact) mass is 227 g/mol. The molecule has 0 unspecified atom stereocenters. The van der Waals surface area contributed by atoms with Gasteiger partial charge in [0.25, 0.3) is 0 Å². The number of aryl methyl sites for hydroxylation is 1. The molecule has 0 aliphatic heterocycles. The number of aliphatic hydroxyl groups excluding tert-OH is 1. The predicted molar refractivity (Wildman–Crippen MR) is 60.9 cm³/mol. The molecule has 1 N–H and O–H groups in total. The van der Waals surface area contributed by atoms with Crippen LogP contribution in [-0.2, 0) is 6.54 Å². The van der Waals surface area contributed by atoms with Gasteiger partial charge < -0.3 is 9.52 Å². The van der Waals surface area contributed by atoms with Crippen LogP contribution in [0.15, 0.2) is 4.42 Å². The van der Waals surface area contributed by atoms with E-state index >= 15 is 0 Å². The molecule has 92 valence electrons. The van der Waals surface area contributed by atoms with E-state index in [0.717, 1.165) is 13.0 Å². The fourth-order valence-corrected chi connectivity index (χ4v) is 1.48. The number of aliphatic hydroxyl groups is 1. The lowest BCUT2D eigenvalue weighted by Gasteiger charge is -2.34. The van der Waals surface area contributed by atoms with Crippen molar-refractivity contribution in [1.29, 1.82) is 0 Å². The average Bonchev–Trinajstić information content (AvgIpc) is 2.57. The quantitative estimate of drug-likeness (QED) is 0.823. The van der Waals surface area contributed by atoms with E-state index in [1.165, 1.54) is 0 Å². The van der Waals surface area contributed by atoms with Crippen LogP contribution in [0.25, 0.3) is 0 Å². The molecular formula is C11H21N3O2. The zero-order valence-corrected chi connectivity index (χ0v) is 10.5. The Morgan fingerprint density at radius 2 is 2.00 bits per heavy atom. The molecule has 1 aromatic heterocycles. The predicted octanol–water partition coefficient (Wildman–Crippen LogP) is 1.36. The minimum absolute atomic E-state index is 0.0253. The third-order valence-corrected chi connectivity index (χ3v) is 2.43. The Morgan fingerprint density at radius 1 is 1.31 bits per heavy atom. The molecule has 0 fully saturated rings. The summed E-state index contributed by atoms with van der Waals surface area (Å²) in [5.41, 5.74) is 0.0253. The minimum Gasteiger partial charge on any atom is -0.424 e. The van der Waals surface area contributed by atoms with Crippen LogP contribution in [0.1, 0.15) is 39.0 Å². The second kappa shape index (κ2) is 5.41. The summed E-state index contributed by atoms with van der Waals surface area (Å²) in [6.45, 7) is 9.83. The zero-order chi connectivity index (χ0) is 12.2. The molecule has 0 atom stereocenters. The molecule has 0 saturated heterocycles. The van der Waals surface area contributed by atoms with Gasteiger partial charge in [-0.15, -0.1) is 10.2 Å². The average molecular weight is 227 g/mol. The van der Waals surface area contributed by atoms with Crippen LogP contribution in [0.2, 0.25) is 0 Å². The first-order valence-corrected chi connectivity index (χ1v) is 5.58. The summed E-state index contributed by atoms with van der Waals surface area (Å²) >= 11 is 0. The van der Waals surface area contributed by atoms with Gasteiger partial charge in [0.05, 0.1) is 6.54 Å². The molecule has 1 rings (SSSR count). The summed E-state index contributed by atoms with van der Waals surface area (Å²) in [6.07, 6.45) is 0.754. The van der Waals surface area contributed by atoms with Crippen molar-refractivity contribution in [2.24, 2.45) is 0 Å². The van der Waals surface area contributed by atoms with Gasteiger partial charge in [-0.05, 0) is 27.2 Å². The first kappa shape index (κ1) is 13.1. The molecule has 16 heavy (non-hydrogen) atoms. The van der Waals surface area contributed by atoms with Crippen molar-refractivity contribution in [1.82, 2.24) is 15.1 Å². The van der Waals surface area contributed by atoms with Gasteiger partial charge in [0, 0.05) is 25.6 Å². The highest BCUT2D eigenvalue weighted by molar-refractivity contribution is 4.84. The Labute approximate surface area is 96.5 Å². The maximum Gasteiger partial charge on any atom is 0.230 e. The largest absolute Gasteiger partial charge is 0.424 e. The molecule has 0 aliphatic rings. The lowest BCUT2D eigenvalue weighted by atomic mass is 10.1. The number of hydrogen-bond acceptors (Lipinski definition) is 5. The zero-order valence-electron chi connectivity index (χ0n) is 10.5. The molecule has 0 aromatic carbocycles. The van der Waals surface area contributed by atoms with Crippen LogP contribution in [0.4, 0.5) is 0 Å². The van der Waals surface area contributed by atoms with Gasteiger partial charge in [-0.2, -0.15) is 0 Å². The van der Waals surface area contributed by atoms with Crippen LogP contribution in [0, 0.1) is 6.92 Å². The standard InChI is InChI=1S/C11H21N3O2/c1-9-12-13-10(16-9)8-14(6-5-7-15)11(2,3)4/h15H,5-8H2,1-4H3. The second-order valence-electron chi connectivity index (χ2n) is 4.88. The first-order valence-electron chi connectivity index (χ1n) is 5.58. The Morgan fingerprint density at radius 3 is 2.44 bits per heavy atom. The van der Waals surface area contributed by atoms with E-state index in [2.05, 4.69) is 35.9 Å². The van der Waals surface area contributed by atoms with E-state index in [-0.39, 0.29) is 12.1 Å². The molecular weight excluding hydrogens is 206 g/mol. The fraction of sp³-hybridized carbons (Fsp3) is 0.818. The molecule has 0 amide bonds. The van der Waals surface area contributed by atoms with Crippen LogP contribution in [0.3, 0.4) is 0 Å². The van der Waals surface area contributed by atoms with Crippen LogP contribution in [0.5, 0.6) is 0 Å². The first-order chi connectivity index (χ1) is 7.43. The van der Waals surface area contributed by atoms with Crippen molar-refractivity contribution in [3.63, 3.8) is 0 Å². The highest BCUT2D eigenvalue weighted by Crippen LogP contribution is 2.16. The van der Waals surface area contributed by atoms with Crippen molar-refractivity contribution >= 4 is 0 Å². The van der Waals surface area contributed by atoms with Crippen LogP contribution in [-0.4, -0.2) is 38.9 Å². The topological polar surface area (TPSA) is 62.4 Å². The lowest BCUT2D eigenvalue weighted by molar-refractivity contribution is 0.104. The molecule has 1 aromatic rings. The molecule has 0 spiro atoms. The maximum atomic E-state index is 8.87. The molecule has 5 nitrogen and oxygen atoms in total. The van der Waals surface area contributed by atoms with Gasteiger partial charge >= 0.3 is 0 Å². The fourth-order valence-electron chi connectivity index (χ4n) is 1.48. The summed E-state index contributed by atoms with van der Waals surface area (Å²) in [5, 5.41) is 16.7. The van der Waals surface area contributed by atoms with Crippen LogP contribution < -0.4 is 0 Å². The van der Waals surface area contributed by atoms with Crippen molar-refractivity contribution in [3.05, 3.63) is 11.8 Å². The number of nitrogens with zero attached hydrogens (tertiary/aromatic N) is 3. The minimum atomic E-state index is 0.0253. The van der Waals surface area contributed by atoms with E-state index in [9.17, 15) is 0 Å². The van der Waals surface area contributed by atoms with Gasteiger partial charge in [-0.25, -0.2) is 0 Å². The maximum absolute atomic E-state index is 8.87. The summed E-state index contributed by atoms with van der Waals surface area (Å²) in [7, 11) is 0. The Balaban J connectivity index is 2.63. The van der Waals surface area contributed by atoms with E-state index in [4.69, 9.17) is 9.52 Å². The molecule has 0 aliphatic carbocycles.